The monoisotopic (exact) mass is 409 g/mol. The topological polar surface area (TPSA) is 96.3 Å². The summed E-state index contributed by atoms with van der Waals surface area (Å²) in [4.78, 5) is 39.0. The van der Waals surface area contributed by atoms with Gasteiger partial charge in [-0.3, -0.25) is 14.4 Å². The molecule has 1 saturated heterocycles. The highest BCUT2D eigenvalue weighted by Gasteiger charge is 2.34. The van der Waals surface area contributed by atoms with E-state index in [2.05, 4.69) is 15.7 Å². The average Bonchev–Trinajstić information content (AvgIpc) is 3.48. The van der Waals surface area contributed by atoms with Crippen LogP contribution in [0.4, 0.5) is 0 Å². The van der Waals surface area contributed by atoms with Gasteiger partial charge in [0.2, 0.25) is 11.8 Å². The molecule has 0 saturated carbocycles. The molecule has 30 heavy (non-hydrogen) atoms. The van der Waals surface area contributed by atoms with Crippen molar-refractivity contribution in [1.82, 2.24) is 25.3 Å². The summed E-state index contributed by atoms with van der Waals surface area (Å²) >= 11 is 0. The first-order chi connectivity index (χ1) is 14.5. The molecule has 2 heterocycles. The van der Waals surface area contributed by atoms with E-state index in [0.717, 1.165) is 48.2 Å². The first-order valence-electron chi connectivity index (χ1n) is 10.5. The van der Waals surface area contributed by atoms with Crippen LogP contribution in [0.1, 0.15) is 46.6 Å². The van der Waals surface area contributed by atoms with Crippen LogP contribution in [0.15, 0.2) is 24.3 Å². The fourth-order valence-electron chi connectivity index (χ4n) is 4.36. The molecule has 0 bridgehead atoms. The number of hydrogen-bond acceptors (Lipinski definition) is 4. The number of fused-ring (bicyclic) bond motifs is 1. The molecule has 1 aromatic heterocycles. The summed E-state index contributed by atoms with van der Waals surface area (Å²) in [6.45, 7) is 2.42. The van der Waals surface area contributed by atoms with Gasteiger partial charge in [-0.1, -0.05) is 17.7 Å². The summed E-state index contributed by atoms with van der Waals surface area (Å²) in [6.07, 6.45) is 4.10. The minimum Gasteiger partial charge on any atom is -0.357 e. The molecular formula is C22H27N5O3. The van der Waals surface area contributed by atoms with Gasteiger partial charge in [0.1, 0.15) is 6.04 Å². The van der Waals surface area contributed by atoms with Crippen LogP contribution in [0.5, 0.6) is 0 Å². The Hall–Kier alpha value is -3.16. The Kier molecular flexibility index (Phi) is 5.57. The number of carbonyl (C=O) groups excluding carboxylic acids is 3. The molecule has 158 valence electrons. The summed E-state index contributed by atoms with van der Waals surface area (Å²) in [5.74, 6) is -0.756. The molecule has 2 aliphatic rings. The molecule has 1 aliphatic carbocycles. The van der Waals surface area contributed by atoms with E-state index in [0.29, 0.717) is 18.7 Å². The van der Waals surface area contributed by atoms with E-state index in [9.17, 15) is 14.4 Å². The largest absolute Gasteiger partial charge is 0.357 e. The SMILES string of the molecule is CNC(=O)C1CCCN1C(=O)CNC(=O)c1nn(-c2ccc(C)cc2)c2c1CCC2. The Bertz CT molecular complexity index is 979. The van der Waals surface area contributed by atoms with Crippen molar-refractivity contribution in [2.75, 3.05) is 20.1 Å². The summed E-state index contributed by atoms with van der Waals surface area (Å²) in [7, 11) is 1.57. The molecule has 1 fully saturated rings. The predicted molar refractivity (Wildman–Crippen MR) is 111 cm³/mol. The van der Waals surface area contributed by atoms with Crippen molar-refractivity contribution in [2.45, 2.75) is 45.1 Å². The molecule has 2 N–H and O–H groups in total. The number of aromatic nitrogens is 2. The second kappa shape index (κ2) is 8.30. The van der Waals surface area contributed by atoms with Gasteiger partial charge < -0.3 is 15.5 Å². The van der Waals surface area contributed by atoms with Gasteiger partial charge in [-0.25, -0.2) is 4.68 Å². The van der Waals surface area contributed by atoms with Gasteiger partial charge in [-0.05, 0) is 51.2 Å². The normalized spacial score (nSPS) is 17.7. The van der Waals surface area contributed by atoms with Crippen LogP contribution in [0.3, 0.4) is 0 Å². The fourth-order valence-corrected chi connectivity index (χ4v) is 4.36. The lowest BCUT2D eigenvalue weighted by atomic mass is 10.2. The number of amides is 3. The number of aryl methyl sites for hydroxylation is 1. The van der Waals surface area contributed by atoms with Crippen LogP contribution in [-0.4, -0.2) is 58.6 Å². The van der Waals surface area contributed by atoms with E-state index in [1.807, 2.05) is 35.9 Å². The summed E-state index contributed by atoms with van der Waals surface area (Å²) in [5, 5.41) is 9.90. The fraction of sp³-hybridized carbons (Fsp3) is 0.455. The number of likely N-dealkylation sites (tertiary alicyclic amines) is 1. The highest BCUT2D eigenvalue weighted by atomic mass is 16.2. The Balaban J connectivity index is 1.48. The first-order valence-corrected chi connectivity index (χ1v) is 10.5. The molecule has 1 aliphatic heterocycles. The molecule has 0 radical (unpaired) electrons. The van der Waals surface area contributed by atoms with Crippen LogP contribution in [0.25, 0.3) is 5.69 Å². The maximum atomic E-state index is 12.9. The summed E-state index contributed by atoms with van der Waals surface area (Å²) in [6, 6.07) is 7.59. The lowest BCUT2D eigenvalue weighted by Crippen LogP contribution is -2.48. The highest BCUT2D eigenvalue weighted by molar-refractivity contribution is 5.97. The van der Waals surface area contributed by atoms with Crippen LogP contribution in [-0.2, 0) is 22.4 Å². The molecule has 1 atom stereocenters. The molecule has 8 nitrogen and oxygen atoms in total. The van der Waals surface area contributed by atoms with Gasteiger partial charge in [0.25, 0.3) is 5.91 Å². The zero-order valence-electron chi connectivity index (χ0n) is 17.4. The van der Waals surface area contributed by atoms with Crippen molar-refractivity contribution < 1.29 is 14.4 Å². The van der Waals surface area contributed by atoms with E-state index >= 15 is 0 Å². The van der Waals surface area contributed by atoms with Gasteiger partial charge >= 0.3 is 0 Å². The van der Waals surface area contributed by atoms with Crippen LogP contribution < -0.4 is 10.6 Å². The number of benzene rings is 1. The minimum atomic E-state index is -0.454. The van der Waals surface area contributed by atoms with Crippen molar-refractivity contribution in [1.29, 1.82) is 0 Å². The van der Waals surface area contributed by atoms with E-state index in [1.165, 1.54) is 0 Å². The molecule has 8 heteroatoms. The second-order valence-electron chi connectivity index (χ2n) is 7.92. The van der Waals surface area contributed by atoms with Crippen molar-refractivity contribution in [3.8, 4) is 5.69 Å². The molecule has 3 amide bonds. The van der Waals surface area contributed by atoms with Crippen LogP contribution in [0, 0.1) is 6.92 Å². The van der Waals surface area contributed by atoms with E-state index in [4.69, 9.17) is 0 Å². The van der Waals surface area contributed by atoms with Crippen LogP contribution >= 0.6 is 0 Å². The van der Waals surface area contributed by atoms with Gasteiger partial charge in [0.05, 0.1) is 12.2 Å². The third-order valence-corrected chi connectivity index (χ3v) is 5.95. The van der Waals surface area contributed by atoms with Crippen molar-refractivity contribution in [3.05, 3.63) is 46.8 Å². The van der Waals surface area contributed by atoms with Crippen LogP contribution in [0.2, 0.25) is 0 Å². The number of nitrogens with one attached hydrogen (secondary N) is 2. The van der Waals surface area contributed by atoms with Gasteiger partial charge in [-0.15, -0.1) is 0 Å². The lowest BCUT2D eigenvalue weighted by molar-refractivity contribution is -0.137. The lowest BCUT2D eigenvalue weighted by Gasteiger charge is -2.23. The van der Waals surface area contributed by atoms with E-state index < -0.39 is 6.04 Å². The smallest absolute Gasteiger partial charge is 0.272 e. The van der Waals surface area contributed by atoms with E-state index in [1.54, 1.807) is 11.9 Å². The Morgan fingerprint density at radius 2 is 1.90 bits per heavy atom. The zero-order valence-corrected chi connectivity index (χ0v) is 17.4. The third-order valence-electron chi connectivity index (χ3n) is 5.95. The van der Waals surface area contributed by atoms with Gasteiger partial charge in [0.15, 0.2) is 5.69 Å². The quantitative estimate of drug-likeness (QED) is 0.774. The minimum absolute atomic E-state index is 0.140. The molecule has 2 aromatic rings. The molecule has 1 aromatic carbocycles. The predicted octanol–water partition coefficient (Wildman–Crippen LogP) is 1.14. The average molecular weight is 409 g/mol. The van der Waals surface area contributed by atoms with Crippen molar-refractivity contribution in [2.24, 2.45) is 0 Å². The Labute approximate surface area is 175 Å². The number of nitrogens with zero attached hydrogens (tertiary/aromatic N) is 3. The molecule has 4 rings (SSSR count). The standard InChI is InChI=1S/C22H27N5O3/c1-14-8-10-15(11-9-14)27-17-6-3-5-16(17)20(25-27)22(30)24-13-19(28)26-12-4-7-18(26)21(29)23-2/h8-11,18H,3-7,12-13H2,1-2H3,(H,23,29)(H,24,30). The van der Waals surface area contributed by atoms with Gasteiger partial charge in [0, 0.05) is 24.8 Å². The molecule has 0 spiro atoms. The third kappa shape index (κ3) is 3.69. The Morgan fingerprint density at radius 3 is 2.63 bits per heavy atom. The second-order valence-corrected chi connectivity index (χ2v) is 7.92. The number of hydrogen-bond donors (Lipinski definition) is 2. The zero-order chi connectivity index (χ0) is 21.3. The highest BCUT2D eigenvalue weighted by Crippen LogP contribution is 2.28. The molecular weight excluding hydrogens is 382 g/mol. The number of likely N-dealkylation sites (N-methyl/N-ethyl adjacent to an activating group) is 1. The number of carbonyl (C=O) groups is 3. The molecule has 1 unspecified atom stereocenters. The van der Waals surface area contributed by atoms with E-state index in [-0.39, 0.29) is 24.3 Å². The van der Waals surface area contributed by atoms with Crippen molar-refractivity contribution >= 4 is 17.7 Å². The first kappa shape index (κ1) is 20.1. The summed E-state index contributed by atoms with van der Waals surface area (Å²) in [5.41, 5.74) is 4.51. The maximum absolute atomic E-state index is 12.9. The Morgan fingerprint density at radius 1 is 1.13 bits per heavy atom. The van der Waals surface area contributed by atoms with Crippen molar-refractivity contribution in [3.63, 3.8) is 0 Å². The maximum Gasteiger partial charge on any atom is 0.272 e. The number of rotatable bonds is 5. The van der Waals surface area contributed by atoms with Gasteiger partial charge in [-0.2, -0.15) is 5.10 Å². The summed E-state index contributed by atoms with van der Waals surface area (Å²) < 4.78 is 1.85.